The summed E-state index contributed by atoms with van der Waals surface area (Å²) in [7, 11) is 0. The van der Waals surface area contributed by atoms with Gasteiger partial charge in [-0.1, -0.05) is 52.0 Å². The second kappa shape index (κ2) is 7.04. The van der Waals surface area contributed by atoms with Crippen molar-refractivity contribution in [3.63, 3.8) is 0 Å². The summed E-state index contributed by atoms with van der Waals surface area (Å²) in [5.41, 5.74) is 4.13. The molecule has 0 saturated heterocycles. The average molecular weight is 323 g/mol. The van der Waals surface area contributed by atoms with Crippen LogP contribution >= 0.6 is 0 Å². The van der Waals surface area contributed by atoms with Crippen LogP contribution in [0.3, 0.4) is 0 Å². The molecule has 3 rings (SSSR count). The van der Waals surface area contributed by atoms with Crippen molar-refractivity contribution >= 4 is 11.0 Å². The lowest BCUT2D eigenvalue weighted by Crippen LogP contribution is -2.07. The minimum absolute atomic E-state index is 0.521. The molecule has 0 aliphatic rings. The van der Waals surface area contributed by atoms with Crippen molar-refractivity contribution in [2.75, 3.05) is 6.61 Å². The van der Waals surface area contributed by atoms with Crippen LogP contribution in [0.15, 0.2) is 42.5 Å². The van der Waals surface area contributed by atoms with Gasteiger partial charge in [-0.2, -0.15) is 15.0 Å². The first-order valence-electron chi connectivity index (χ1n) is 8.60. The second-order valence-corrected chi connectivity index (χ2v) is 7.05. The van der Waals surface area contributed by atoms with E-state index in [1.54, 1.807) is 4.80 Å². The maximum atomic E-state index is 5.76. The molecule has 4 heteroatoms. The van der Waals surface area contributed by atoms with E-state index >= 15 is 0 Å². The molecule has 0 fully saturated rings. The van der Waals surface area contributed by atoms with E-state index in [4.69, 9.17) is 4.74 Å². The quantitative estimate of drug-likeness (QED) is 0.655. The molecule has 1 aromatic heterocycles. The minimum atomic E-state index is 0.521. The van der Waals surface area contributed by atoms with Gasteiger partial charge in [-0.25, -0.2) is 0 Å². The Hall–Kier alpha value is -2.36. The van der Waals surface area contributed by atoms with Crippen LogP contribution < -0.4 is 4.74 Å². The first-order chi connectivity index (χ1) is 11.5. The summed E-state index contributed by atoms with van der Waals surface area (Å²) in [4.78, 5) is 1.80. The zero-order valence-corrected chi connectivity index (χ0v) is 14.9. The lowest BCUT2D eigenvalue weighted by Gasteiger charge is -2.09. The van der Waals surface area contributed by atoms with Crippen LogP contribution in [0.1, 0.15) is 27.7 Å². The molecule has 0 N–H and O–H groups in total. The molecule has 0 spiro atoms. The molecule has 0 aliphatic carbocycles. The highest BCUT2D eigenvalue weighted by Crippen LogP contribution is 2.28. The number of aromatic nitrogens is 3. The van der Waals surface area contributed by atoms with Gasteiger partial charge in [0.1, 0.15) is 16.8 Å². The van der Waals surface area contributed by atoms with Gasteiger partial charge in [0.05, 0.1) is 13.2 Å². The standard InChI is InChI=1S/C20H25N3O/c1-14(2)12-23-21-19-7-5-6-18(20(19)22-23)16-8-10-17(11-9-16)24-13-15(3)4/h5-11,14-15H,12-13H2,1-4H3. The SMILES string of the molecule is CC(C)COc1ccc(-c2cccc3nn(CC(C)C)nc23)cc1. The number of rotatable bonds is 6. The molecular formula is C20H25N3O. The Morgan fingerprint density at radius 2 is 1.67 bits per heavy atom. The highest BCUT2D eigenvalue weighted by atomic mass is 16.5. The first-order valence-corrected chi connectivity index (χ1v) is 8.60. The van der Waals surface area contributed by atoms with Gasteiger partial charge in [-0.3, -0.25) is 0 Å². The van der Waals surface area contributed by atoms with Crippen molar-refractivity contribution in [3.05, 3.63) is 42.5 Å². The molecule has 0 amide bonds. The smallest absolute Gasteiger partial charge is 0.121 e. The summed E-state index contributed by atoms with van der Waals surface area (Å²) < 4.78 is 5.76. The molecule has 2 aromatic carbocycles. The van der Waals surface area contributed by atoms with Gasteiger partial charge in [-0.15, -0.1) is 0 Å². The molecule has 4 nitrogen and oxygen atoms in total. The molecule has 0 unspecified atom stereocenters. The van der Waals surface area contributed by atoms with Crippen molar-refractivity contribution in [3.8, 4) is 16.9 Å². The van der Waals surface area contributed by atoms with Crippen LogP contribution in [-0.2, 0) is 6.54 Å². The maximum absolute atomic E-state index is 5.76. The van der Waals surface area contributed by atoms with Crippen molar-refractivity contribution < 1.29 is 4.74 Å². The van der Waals surface area contributed by atoms with Crippen molar-refractivity contribution in [2.24, 2.45) is 11.8 Å². The van der Waals surface area contributed by atoms with Gasteiger partial charge in [0.2, 0.25) is 0 Å². The Balaban J connectivity index is 1.89. The van der Waals surface area contributed by atoms with E-state index in [-0.39, 0.29) is 0 Å². The summed E-state index contributed by atoms with van der Waals surface area (Å²) in [5.74, 6) is 1.95. The van der Waals surface area contributed by atoms with Gasteiger partial charge in [0.25, 0.3) is 0 Å². The van der Waals surface area contributed by atoms with Crippen LogP contribution in [0.25, 0.3) is 22.2 Å². The number of fused-ring (bicyclic) bond motifs is 1. The first kappa shape index (κ1) is 16.5. The maximum Gasteiger partial charge on any atom is 0.121 e. The van der Waals surface area contributed by atoms with E-state index in [0.29, 0.717) is 11.8 Å². The van der Waals surface area contributed by atoms with E-state index < -0.39 is 0 Å². The molecular weight excluding hydrogens is 298 g/mol. The summed E-state index contributed by atoms with van der Waals surface area (Å²) >= 11 is 0. The van der Waals surface area contributed by atoms with Crippen molar-refractivity contribution in [1.29, 1.82) is 0 Å². The van der Waals surface area contributed by atoms with Gasteiger partial charge < -0.3 is 4.74 Å². The van der Waals surface area contributed by atoms with E-state index in [2.05, 4.69) is 56.1 Å². The number of benzene rings is 2. The summed E-state index contributed by atoms with van der Waals surface area (Å²) in [6, 6.07) is 14.4. The van der Waals surface area contributed by atoms with Crippen LogP contribution in [-0.4, -0.2) is 21.6 Å². The van der Waals surface area contributed by atoms with E-state index in [1.165, 1.54) is 0 Å². The lowest BCUT2D eigenvalue weighted by atomic mass is 10.0. The third kappa shape index (κ3) is 3.75. The monoisotopic (exact) mass is 323 g/mol. The van der Waals surface area contributed by atoms with Gasteiger partial charge in [0.15, 0.2) is 0 Å². The number of ether oxygens (including phenoxy) is 1. The number of hydrogen-bond acceptors (Lipinski definition) is 3. The Labute approximate surface area is 143 Å². The third-order valence-corrected chi connectivity index (χ3v) is 3.73. The fourth-order valence-electron chi connectivity index (χ4n) is 2.61. The van der Waals surface area contributed by atoms with Gasteiger partial charge in [-0.05, 0) is 35.6 Å². The summed E-state index contributed by atoms with van der Waals surface area (Å²) in [6.45, 7) is 10.2. The predicted molar refractivity (Wildman–Crippen MR) is 98.1 cm³/mol. The minimum Gasteiger partial charge on any atom is -0.493 e. The highest BCUT2D eigenvalue weighted by Gasteiger charge is 2.10. The number of nitrogens with zero attached hydrogens (tertiary/aromatic N) is 3. The third-order valence-electron chi connectivity index (χ3n) is 3.73. The summed E-state index contributed by atoms with van der Waals surface area (Å²) in [6.07, 6.45) is 0. The fourth-order valence-corrected chi connectivity index (χ4v) is 2.61. The van der Waals surface area contributed by atoms with Crippen LogP contribution in [0, 0.1) is 11.8 Å². The van der Waals surface area contributed by atoms with E-state index in [1.807, 2.05) is 24.3 Å². The molecule has 24 heavy (non-hydrogen) atoms. The fraction of sp³-hybridized carbons (Fsp3) is 0.400. The van der Waals surface area contributed by atoms with Crippen molar-refractivity contribution in [2.45, 2.75) is 34.2 Å². The Morgan fingerprint density at radius 1 is 0.917 bits per heavy atom. The molecule has 0 atom stereocenters. The Morgan fingerprint density at radius 3 is 2.33 bits per heavy atom. The normalized spacial score (nSPS) is 11.6. The van der Waals surface area contributed by atoms with Crippen LogP contribution in [0.5, 0.6) is 5.75 Å². The molecule has 0 radical (unpaired) electrons. The zero-order valence-electron chi connectivity index (χ0n) is 14.9. The molecule has 0 bridgehead atoms. The average Bonchev–Trinajstić information content (AvgIpc) is 2.94. The molecule has 126 valence electrons. The molecule has 0 aliphatic heterocycles. The van der Waals surface area contributed by atoms with E-state index in [0.717, 1.165) is 41.1 Å². The largest absolute Gasteiger partial charge is 0.493 e. The van der Waals surface area contributed by atoms with Crippen LogP contribution in [0.2, 0.25) is 0 Å². The molecule has 0 saturated carbocycles. The number of hydrogen-bond donors (Lipinski definition) is 0. The van der Waals surface area contributed by atoms with Crippen LogP contribution in [0.4, 0.5) is 0 Å². The predicted octanol–water partition coefficient (Wildman–Crippen LogP) is 4.79. The zero-order chi connectivity index (χ0) is 17.1. The molecule has 1 heterocycles. The van der Waals surface area contributed by atoms with Gasteiger partial charge in [0, 0.05) is 5.56 Å². The van der Waals surface area contributed by atoms with Crippen molar-refractivity contribution in [1.82, 2.24) is 15.0 Å². The summed E-state index contributed by atoms with van der Waals surface area (Å²) in [5, 5.41) is 9.27. The lowest BCUT2D eigenvalue weighted by molar-refractivity contribution is 0.271. The highest BCUT2D eigenvalue weighted by molar-refractivity contribution is 5.91. The Kier molecular flexibility index (Phi) is 4.84. The van der Waals surface area contributed by atoms with Gasteiger partial charge >= 0.3 is 0 Å². The second-order valence-electron chi connectivity index (χ2n) is 7.05. The molecule has 3 aromatic rings. The van der Waals surface area contributed by atoms with E-state index in [9.17, 15) is 0 Å². The topological polar surface area (TPSA) is 39.9 Å². The Bertz CT molecular complexity index is 803.